The average molecular weight is 338 g/mol. The molecule has 1 aliphatic rings. The van der Waals surface area contributed by atoms with Crippen molar-refractivity contribution >= 4 is 17.7 Å². The lowest BCUT2D eigenvalue weighted by Crippen LogP contribution is -2.22. The Morgan fingerprint density at radius 1 is 1.17 bits per heavy atom. The molecular weight excluding hydrogens is 320 g/mol. The van der Waals surface area contributed by atoms with Gasteiger partial charge in [-0.3, -0.25) is 0 Å². The molecule has 24 heavy (non-hydrogen) atoms. The van der Waals surface area contributed by atoms with E-state index >= 15 is 0 Å². The number of phenols is 1. The summed E-state index contributed by atoms with van der Waals surface area (Å²) in [7, 11) is 0. The summed E-state index contributed by atoms with van der Waals surface area (Å²) in [5, 5.41) is 18.8. The first-order valence-corrected chi connectivity index (χ1v) is 8.71. The number of hydrogen-bond acceptors (Lipinski definition) is 3. The number of aromatic hydroxyl groups is 1. The number of carboxylic acids is 1. The fraction of sp³-hybridized carbons (Fsp3) is 0.250. The predicted molar refractivity (Wildman–Crippen MR) is 95.9 cm³/mol. The quantitative estimate of drug-likeness (QED) is 0.763. The number of aromatic carboxylic acids is 1. The summed E-state index contributed by atoms with van der Waals surface area (Å²) in [5.41, 5.74) is 2.82. The van der Waals surface area contributed by atoms with Gasteiger partial charge in [-0.15, -0.1) is 11.8 Å². The van der Waals surface area contributed by atoms with Crippen molar-refractivity contribution in [3.63, 3.8) is 0 Å². The van der Waals surface area contributed by atoms with Gasteiger partial charge in [0.1, 0.15) is 5.75 Å². The average Bonchev–Trinajstić information content (AvgIpc) is 2.53. The maximum atomic E-state index is 10.9. The molecular formula is C20H18O3S. The molecule has 0 bridgehead atoms. The molecule has 1 aliphatic heterocycles. The predicted octanol–water partition coefficient (Wildman–Crippen LogP) is 4.26. The molecule has 3 nitrogen and oxygen atoms in total. The highest BCUT2D eigenvalue weighted by Gasteiger charge is 2.27. The van der Waals surface area contributed by atoms with Crippen LogP contribution in [0.4, 0.5) is 0 Å². The molecule has 0 fully saturated rings. The monoisotopic (exact) mass is 338 g/mol. The van der Waals surface area contributed by atoms with Crippen LogP contribution in [0.25, 0.3) is 0 Å². The molecule has 0 atom stereocenters. The van der Waals surface area contributed by atoms with Crippen LogP contribution >= 0.6 is 11.8 Å². The minimum absolute atomic E-state index is 0.0469. The molecule has 122 valence electrons. The van der Waals surface area contributed by atoms with E-state index in [4.69, 9.17) is 5.11 Å². The van der Waals surface area contributed by atoms with Gasteiger partial charge >= 0.3 is 5.97 Å². The molecule has 0 unspecified atom stereocenters. The van der Waals surface area contributed by atoms with Crippen molar-refractivity contribution in [1.29, 1.82) is 0 Å². The second-order valence-corrected chi connectivity index (χ2v) is 7.62. The van der Waals surface area contributed by atoms with Crippen LogP contribution in [-0.2, 0) is 5.41 Å². The zero-order chi connectivity index (χ0) is 17.3. The summed E-state index contributed by atoms with van der Waals surface area (Å²) >= 11 is 1.88. The summed E-state index contributed by atoms with van der Waals surface area (Å²) in [5.74, 6) is 5.95. The topological polar surface area (TPSA) is 57.5 Å². The highest BCUT2D eigenvalue weighted by molar-refractivity contribution is 7.99. The molecule has 0 saturated carbocycles. The van der Waals surface area contributed by atoms with E-state index in [1.165, 1.54) is 28.7 Å². The lowest BCUT2D eigenvalue weighted by atomic mass is 9.81. The van der Waals surface area contributed by atoms with Gasteiger partial charge in [0.2, 0.25) is 0 Å². The van der Waals surface area contributed by atoms with Crippen LogP contribution in [0.15, 0.2) is 41.3 Å². The van der Waals surface area contributed by atoms with Gasteiger partial charge in [0.15, 0.2) is 0 Å². The summed E-state index contributed by atoms with van der Waals surface area (Å²) in [4.78, 5) is 12.2. The van der Waals surface area contributed by atoms with Crippen LogP contribution in [0.2, 0.25) is 0 Å². The Morgan fingerprint density at radius 2 is 1.96 bits per heavy atom. The minimum Gasteiger partial charge on any atom is -0.507 e. The number of phenolic OH excluding ortho intramolecular Hbond substituents is 1. The Labute approximate surface area is 145 Å². The molecule has 3 rings (SSSR count). The van der Waals surface area contributed by atoms with E-state index in [0.29, 0.717) is 5.56 Å². The number of carboxylic acid groups (broad SMARTS) is 1. The van der Waals surface area contributed by atoms with Crippen molar-refractivity contribution in [2.75, 3.05) is 5.75 Å². The number of carbonyl (C=O) groups is 1. The number of hydrogen-bond donors (Lipinski definition) is 2. The van der Waals surface area contributed by atoms with Crippen molar-refractivity contribution in [3.8, 4) is 17.6 Å². The van der Waals surface area contributed by atoms with Gasteiger partial charge in [-0.1, -0.05) is 25.7 Å². The van der Waals surface area contributed by atoms with Crippen LogP contribution in [-0.4, -0.2) is 21.9 Å². The number of rotatable bonds is 1. The largest absolute Gasteiger partial charge is 0.507 e. The second kappa shape index (κ2) is 6.26. The van der Waals surface area contributed by atoms with Crippen LogP contribution < -0.4 is 0 Å². The summed E-state index contributed by atoms with van der Waals surface area (Å²) < 4.78 is 0. The Hall–Kier alpha value is -2.38. The zero-order valence-electron chi connectivity index (χ0n) is 13.6. The van der Waals surface area contributed by atoms with Gasteiger partial charge in [-0.25, -0.2) is 4.79 Å². The summed E-state index contributed by atoms with van der Waals surface area (Å²) in [6, 6.07) is 10.4. The molecule has 1 heterocycles. The Balaban J connectivity index is 1.93. The Morgan fingerprint density at radius 3 is 2.67 bits per heavy atom. The number of benzene rings is 2. The first kappa shape index (κ1) is 16.5. The molecule has 2 N–H and O–H groups in total. The molecule has 2 aromatic rings. The molecule has 0 aliphatic carbocycles. The highest BCUT2D eigenvalue weighted by Crippen LogP contribution is 2.41. The third-order valence-corrected chi connectivity index (χ3v) is 5.35. The molecule has 4 heteroatoms. The van der Waals surface area contributed by atoms with Crippen LogP contribution in [0.5, 0.6) is 5.75 Å². The van der Waals surface area contributed by atoms with E-state index in [1.807, 2.05) is 17.8 Å². The summed E-state index contributed by atoms with van der Waals surface area (Å²) in [6.07, 6.45) is 1.14. The third kappa shape index (κ3) is 3.27. The standard InChI is InChI=1S/C20H18O3S/c1-20(2)9-10-24-18-8-4-13(11-16(18)20)3-5-14-6-7-15(19(22)23)12-17(14)21/h4,6-8,11-12,21H,9-10H2,1-2H3,(H,22,23). The molecule has 0 aromatic heterocycles. The zero-order valence-corrected chi connectivity index (χ0v) is 14.4. The van der Waals surface area contributed by atoms with Crippen LogP contribution in [0, 0.1) is 11.8 Å². The fourth-order valence-electron chi connectivity index (χ4n) is 2.72. The lowest BCUT2D eigenvalue weighted by molar-refractivity contribution is 0.0696. The molecule has 2 aromatic carbocycles. The van der Waals surface area contributed by atoms with Gasteiger partial charge in [-0.2, -0.15) is 0 Å². The highest BCUT2D eigenvalue weighted by atomic mass is 32.2. The number of thioether (sulfide) groups is 1. The minimum atomic E-state index is -1.07. The second-order valence-electron chi connectivity index (χ2n) is 6.48. The van der Waals surface area contributed by atoms with Crippen molar-refractivity contribution in [2.24, 2.45) is 0 Å². The maximum absolute atomic E-state index is 10.9. The molecule has 0 radical (unpaired) electrons. The third-order valence-electron chi connectivity index (χ3n) is 4.28. The van der Waals surface area contributed by atoms with Gasteiger partial charge < -0.3 is 10.2 Å². The first-order valence-electron chi connectivity index (χ1n) is 7.72. The fourth-order valence-corrected chi connectivity index (χ4v) is 4.21. The van der Waals surface area contributed by atoms with E-state index in [-0.39, 0.29) is 16.7 Å². The van der Waals surface area contributed by atoms with E-state index in [0.717, 1.165) is 17.7 Å². The number of fused-ring (bicyclic) bond motifs is 1. The van der Waals surface area contributed by atoms with Crippen molar-refractivity contribution in [1.82, 2.24) is 0 Å². The first-order chi connectivity index (χ1) is 11.4. The van der Waals surface area contributed by atoms with E-state index in [1.54, 1.807) is 0 Å². The van der Waals surface area contributed by atoms with E-state index in [2.05, 4.69) is 37.8 Å². The van der Waals surface area contributed by atoms with Crippen molar-refractivity contribution < 1.29 is 15.0 Å². The Kier molecular flexibility index (Phi) is 4.29. The van der Waals surface area contributed by atoms with Gasteiger partial charge in [0, 0.05) is 10.5 Å². The molecule has 0 spiro atoms. The van der Waals surface area contributed by atoms with Crippen molar-refractivity contribution in [2.45, 2.75) is 30.6 Å². The maximum Gasteiger partial charge on any atom is 0.335 e. The Bertz CT molecular complexity index is 872. The molecule has 0 amide bonds. The van der Waals surface area contributed by atoms with Crippen LogP contribution in [0.3, 0.4) is 0 Å². The van der Waals surface area contributed by atoms with E-state index in [9.17, 15) is 9.90 Å². The van der Waals surface area contributed by atoms with Gasteiger partial charge in [-0.05, 0) is 59.6 Å². The van der Waals surface area contributed by atoms with Gasteiger partial charge in [0.25, 0.3) is 0 Å². The molecule has 0 saturated heterocycles. The van der Waals surface area contributed by atoms with Crippen LogP contribution in [0.1, 0.15) is 47.3 Å². The lowest BCUT2D eigenvalue weighted by Gasteiger charge is -2.32. The summed E-state index contributed by atoms with van der Waals surface area (Å²) in [6.45, 7) is 4.50. The smallest absolute Gasteiger partial charge is 0.335 e. The van der Waals surface area contributed by atoms with Gasteiger partial charge in [0.05, 0.1) is 11.1 Å². The SMILES string of the molecule is CC1(C)CCSc2ccc(C#Cc3ccc(C(=O)O)cc3O)cc21. The van der Waals surface area contributed by atoms with Crippen molar-refractivity contribution in [3.05, 3.63) is 58.7 Å². The van der Waals surface area contributed by atoms with E-state index < -0.39 is 5.97 Å². The normalized spacial score (nSPS) is 15.1.